The van der Waals surface area contributed by atoms with Gasteiger partial charge in [0.25, 0.3) is 5.91 Å². The van der Waals surface area contributed by atoms with Crippen molar-refractivity contribution in [2.45, 2.75) is 20.8 Å². The Morgan fingerprint density at radius 2 is 1.88 bits per heavy atom. The quantitative estimate of drug-likeness (QED) is 0.667. The van der Waals surface area contributed by atoms with Crippen LogP contribution in [0.1, 0.15) is 26.8 Å². The lowest BCUT2D eigenvalue weighted by Crippen LogP contribution is -2.20. The summed E-state index contributed by atoms with van der Waals surface area (Å²) < 4.78 is 5.02. The molecule has 134 valence electrons. The number of nitrogens with zero attached hydrogens (tertiary/aromatic N) is 3. The number of carbonyl (C=O) groups excluding carboxylic acids is 2. The average Bonchev–Trinajstić information content (AvgIpc) is 3.18. The third kappa shape index (κ3) is 4.12. The molecular formula is C17H17N5O3S. The molecule has 3 rings (SSSR count). The number of nitrogens with one attached hydrogen (secondary N) is 2. The smallest absolute Gasteiger partial charge is 0.338 e. The highest BCUT2D eigenvalue weighted by molar-refractivity contribution is 7.15. The van der Waals surface area contributed by atoms with Gasteiger partial charge in [0.2, 0.25) is 5.13 Å². The summed E-state index contributed by atoms with van der Waals surface area (Å²) >= 11 is 1.25. The number of aryl methyl sites for hydroxylation is 3. The Morgan fingerprint density at radius 1 is 1.15 bits per heavy atom. The molecule has 0 unspecified atom stereocenters. The highest BCUT2D eigenvalue weighted by atomic mass is 32.1. The Balaban J connectivity index is 1.57. The summed E-state index contributed by atoms with van der Waals surface area (Å²) in [6, 6.07) is 6.82. The van der Waals surface area contributed by atoms with Crippen LogP contribution in [0.5, 0.6) is 0 Å². The molecule has 3 aromatic rings. The van der Waals surface area contributed by atoms with Crippen LogP contribution in [-0.2, 0) is 9.53 Å². The fraction of sp³-hybridized carbons (Fsp3) is 0.235. The van der Waals surface area contributed by atoms with E-state index in [0.717, 1.165) is 27.8 Å². The van der Waals surface area contributed by atoms with Gasteiger partial charge in [-0.05, 0) is 32.9 Å². The van der Waals surface area contributed by atoms with Gasteiger partial charge in [0.1, 0.15) is 10.8 Å². The van der Waals surface area contributed by atoms with Crippen LogP contribution in [0.2, 0.25) is 0 Å². The minimum Gasteiger partial charge on any atom is -0.452 e. The first-order valence-corrected chi connectivity index (χ1v) is 8.65. The molecule has 1 aromatic carbocycles. The van der Waals surface area contributed by atoms with Gasteiger partial charge in [-0.25, -0.2) is 9.78 Å². The van der Waals surface area contributed by atoms with Gasteiger partial charge in [0, 0.05) is 11.3 Å². The zero-order chi connectivity index (χ0) is 18.7. The van der Waals surface area contributed by atoms with E-state index in [-0.39, 0.29) is 0 Å². The van der Waals surface area contributed by atoms with Gasteiger partial charge in [0.05, 0.1) is 11.3 Å². The SMILES string of the molecule is Cc1nnc(NC(=O)COC(=O)c2ccc(-c3nc(C)c(C)[nH]3)cc2)s1. The van der Waals surface area contributed by atoms with Crippen molar-refractivity contribution in [3.8, 4) is 11.4 Å². The number of benzene rings is 1. The molecule has 2 aromatic heterocycles. The molecular weight excluding hydrogens is 354 g/mol. The molecule has 1 amide bonds. The fourth-order valence-corrected chi connectivity index (χ4v) is 2.77. The molecule has 0 bridgehead atoms. The lowest BCUT2D eigenvalue weighted by molar-refractivity contribution is -0.119. The van der Waals surface area contributed by atoms with Gasteiger partial charge < -0.3 is 9.72 Å². The van der Waals surface area contributed by atoms with Crippen LogP contribution in [0, 0.1) is 20.8 Å². The molecule has 0 spiro atoms. The molecule has 9 heteroatoms. The number of carbonyl (C=O) groups is 2. The molecule has 2 N–H and O–H groups in total. The Labute approximate surface area is 153 Å². The van der Waals surface area contributed by atoms with Crippen LogP contribution >= 0.6 is 11.3 Å². The monoisotopic (exact) mass is 371 g/mol. The van der Waals surface area contributed by atoms with Crippen molar-refractivity contribution in [3.63, 3.8) is 0 Å². The number of esters is 1. The number of imidazole rings is 1. The number of hydrogen-bond acceptors (Lipinski definition) is 7. The van der Waals surface area contributed by atoms with Gasteiger partial charge in [-0.15, -0.1) is 10.2 Å². The molecule has 2 heterocycles. The van der Waals surface area contributed by atoms with Crippen molar-refractivity contribution in [3.05, 3.63) is 46.2 Å². The molecule has 8 nitrogen and oxygen atoms in total. The van der Waals surface area contributed by atoms with Gasteiger partial charge in [-0.3, -0.25) is 10.1 Å². The maximum absolute atomic E-state index is 12.1. The number of anilines is 1. The van der Waals surface area contributed by atoms with Gasteiger partial charge in [-0.2, -0.15) is 0 Å². The van der Waals surface area contributed by atoms with E-state index in [4.69, 9.17) is 4.74 Å². The first-order valence-electron chi connectivity index (χ1n) is 7.83. The maximum Gasteiger partial charge on any atom is 0.338 e. The van der Waals surface area contributed by atoms with E-state index in [0.29, 0.717) is 10.7 Å². The maximum atomic E-state index is 12.1. The molecule has 0 fully saturated rings. The molecule has 0 saturated heterocycles. The molecule has 0 aliphatic carbocycles. The summed E-state index contributed by atoms with van der Waals surface area (Å²) in [4.78, 5) is 31.4. The predicted molar refractivity (Wildman–Crippen MR) is 97.1 cm³/mol. The lowest BCUT2D eigenvalue weighted by atomic mass is 10.1. The van der Waals surface area contributed by atoms with Crippen LogP contribution < -0.4 is 5.32 Å². The Kier molecular flexibility index (Phi) is 5.08. The van der Waals surface area contributed by atoms with E-state index in [1.54, 1.807) is 31.2 Å². The molecule has 0 radical (unpaired) electrons. The minimum absolute atomic E-state index is 0.355. The molecule has 0 saturated carbocycles. The van der Waals surface area contributed by atoms with Gasteiger partial charge in [0.15, 0.2) is 6.61 Å². The Hall–Kier alpha value is -3.07. The summed E-state index contributed by atoms with van der Waals surface area (Å²) in [7, 11) is 0. The highest BCUT2D eigenvalue weighted by Crippen LogP contribution is 2.19. The number of amides is 1. The van der Waals surface area contributed by atoms with Crippen LogP contribution in [-0.4, -0.2) is 38.6 Å². The summed E-state index contributed by atoms with van der Waals surface area (Å²) in [5, 5.41) is 11.2. The van der Waals surface area contributed by atoms with Crippen LogP contribution in [0.4, 0.5) is 5.13 Å². The first-order chi connectivity index (χ1) is 12.4. The van der Waals surface area contributed by atoms with E-state index >= 15 is 0 Å². The zero-order valence-corrected chi connectivity index (χ0v) is 15.3. The van der Waals surface area contributed by atoms with Crippen LogP contribution in [0.25, 0.3) is 11.4 Å². The normalized spacial score (nSPS) is 10.6. The van der Waals surface area contributed by atoms with E-state index in [1.165, 1.54) is 11.3 Å². The standard InChI is InChI=1S/C17H17N5O3S/c1-9-10(2)19-15(18-9)12-4-6-13(7-5-12)16(24)25-8-14(23)20-17-22-21-11(3)26-17/h4-7H,8H2,1-3H3,(H,18,19)(H,20,22,23). The molecule has 0 aliphatic heterocycles. The number of ether oxygens (including phenoxy) is 1. The lowest BCUT2D eigenvalue weighted by Gasteiger charge is -2.05. The topological polar surface area (TPSA) is 110 Å². The number of hydrogen-bond donors (Lipinski definition) is 2. The minimum atomic E-state index is -0.577. The number of aromatic amines is 1. The largest absolute Gasteiger partial charge is 0.452 e. The second kappa shape index (κ2) is 7.44. The second-order valence-corrected chi connectivity index (χ2v) is 6.81. The van der Waals surface area contributed by atoms with E-state index in [1.807, 2.05) is 13.8 Å². The zero-order valence-electron chi connectivity index (χ0n) is 14.5. The summed E-state index contributed by atoms with van der Waals surface area (Å²) in [6.07, 6.45) is 0. The molecule has 26 heavy (non-hydrogen) atoms. The third-order valence-electron chi connectivity index (χ3n) is 3.63. The first kappa shape index (κ1) is 17.7. The average molecular weight is 371 g/mol. The number of rotatable bonds is 5. The Morgan fingerprint density at radius 3 is 2.46 bits per heavy atom. The van der Waals surface area contributed by atoms with Gasteiger partial charge in [-0.1, -0.05) is 23.5 Å². The molecule has 0 atom stereocenters. The van der Waals surface area contributed by atoms with E-state index < -0.39 is 18.5 Å². The van der Waals surface area contributed by atoms with Crippen molar-refractivity contribution < 1.29 is 14.3 Å². The second-order valence-electron chi connectivity index (χ2n) is 5.62. The van der Waals surface area contributed by atoms with E-state index in [9.17, 15) is 9.59 Å². The highest BCUT2D eigenvalue weighted by Gasteiger charge is 2.13. The van der Waals surface area contributed by atoms with Crippen molar-refractivity contribution in [1.82, 2.24) is 20.2 Å². The van der Waals surface area contributed by atoms with Crippen molar-refractivity contribution in [1.29, 1.82) is 0 Å². The van der Waals surface area contributed by atoms with E-state index in [2.05, 4.69) is 25.5 Å². The summed E-state index contributed by atoms with van der Waals surface area (Å²) in [6.45, 7) is 5.26. The summed E-state index contributed by atoms with van der Waals surface area (Å²) in [5.74, 6) is -0.300. The fourth-order valence-electron chi connectivity index (χ4n) is 2.17. The number of H-pyrrole nitrogens is 1. The van der Waals surface area contributed by atoms with Crippen molar-refractivity contribution in [2.75, 3.05) is 11.9 Å². The molecule has 0 aliphatic rings. The third-order valence-corrected chi connectivity index (χ3v) is 4.38. The number of aromatic nitrogens is 4. The van der Waals surface area contributed by atoms with Gasteiger partial charge >= 0.3 is 5.97 Å². The van der Waals surface area contributed by atoms with Crippen LogP contribution in [0.3, 0.4) is 0 Å². The predicted octanol–water partition coefficient (Wildman–Crippen LogP) is 2.65. The van der Waals surface area contributed by atoms with Crippen molar-refractivity contribution in [2.24, 2.45) is 0 Å². The van der Waals surface area contributed by atoms with Crippen LogP contribution in [0.15, 0.2) is 24.3 Å². The van der Waals surface area contributed by atoms with Crippen molar-refractivity contribution >= 4 is 28.3 Å². The summed E-state index contributed by atoms with van der Waals surface area (Å²) in [5.41, 5.74) is 3.15. The Bertz CT molecular complexity index is 926.